The zero-order valence-electron chi connectivity index (χ0n) is 6.48. The lowest BCUT2D eigenvalue weighted by Crippen LogP contribution is -2.22. The fraction of sp³-hybridized carbons (Fsp3) is 1.00. The van der Waals surface area contributed by atoms with Gasteiger partial charge < -0.3 is 14.5 Å². The van der Waals surface area contributed by atoms with E-state index in [0.717, 1.165) is 0 Å². The molecule has 12 heavy (non-hydrogen) atoms. The largest absolute Gasteiger partial charge is 0.379 e. The molecule has 0 aliphatic heterocycles. The van der Waals surface area contributed by atoms with Crippen molar-refractivity contribution >= 4 is 39.5 Å². The molecule has 0 fully saturated rings. The van der Waals surface area contributed by atoms with E-state index in [1.165, 1.54) is 0 Å². The number of alkyl halides is 2. The third-order valence-electron chi connectivity index (χ3n) is 1.12. The highest BCUT2D eigenvalue weighted by Gasteiger charge is 2.35. The summed E-state index contributed by atoms with van der Waals surface area (Å²) in [4.78, 5) is 8.63. The summed E-state index contributed by atoms with van der Waals surface area (Å²) in [5.41, 5.74) is 0. The molecular formula is C5H11Br2O4P. The molecule has 0 aromatic carbocycles. The maximum atomic E-state index is 11.1. The summed E-state index contributed by atoms with van der Waals surface area (Å²) in [5, 5.41) is 9.64. The third kappa shape index (κ3) is 3.85. The Kier molecular flexibility index (Phi) is 6.24. The molecule has 7 heteroatoms. The molecule has 3 atom stereocenters. The minimum Gasteiger partial charge on any atom is -0.379 e. The van der Waals surface area contributed by atoms with Gasteiger partial charge in [-0.05, 0) is 6.92 Å². The highest BCUT2D eigenvalue weighted by atomic mass is 79.9. The fourth-order valence-corrected chi connectivity index (χ4v) is 3.12. The number of aliphatic hydroxyl groups is 1. The lowest BCUT2D eigenvalue weighted by molar-refractivity contribution is 0.178. The molecule has 0 radical (unpaired) electrons. The summed E-state index contributed by atoms with van der Waals surface area (Å²) in [6, 6.07) is 0. The molecule has 0 aliphatic carbocycles. The Morgan fingerprint density at radius 2 is 2.17 bits per heavy atom. The SMILES string of the molecule is CCOP(=O)(O)C(O)C(Br)CBr. The van der Waals surface area contributed by atoms with Gasteiger partial charge in [0.05, 0.1) is 11.4 Å². The second kappa shape index (κ2) is 5.73. The van der Waals surface area contributed by atoms with E-state index in [4.69, 9.17) is 4.89 Å². The van der Waals surface area contributed by atoms with Gasteiger partial charge in [0.1, 0.15) is 0 Å². The average molecular weight is 326 g/mol. The molecule has 74 valence electrons. The molecule has 0 amide bonds. The maximum absolute atomic E-state index is 11.1. The number of halogens is 2. The molecule has 0 saturated heterocycles. The second-order valence-corrected chi connectivity index (χ2v) is 5.80. The predicted octanol–water partition coefficient (Wildman–Crippen LogP) is 1.69. The van der Waals surface area contributed by atoms with Crippen LogP contribution in [0.5, 0.6) is 0 Å². The number of aliphatic hydroxyl groups excluding tert-OH is 1. The van der Waals surface area contributed by atoms with Crippen molar-refractivity contribution in [3.05, 3.63) is 0 Å². The van der Waals surface area contributed by atoms with Crippen molar-refractivity contribution in [3.63, 3.8) is 0 Å². The van der Waals surface area contributed by atoms with E-state index in [9.17, 15) is 9.67 Å². The Morgan fingerprint density at radius 3 is 2.50 bits per heavy atom. The van der Waals surface area contributed by atoms with Crippen LogP contribution < -0.4 is 0 Å². The number of rotatable bonds is 5. The van der Waals surface area contributed by atoms with Gasteiger partial charge >= 0.3 is 7.60 Å². The highest BCUT2D eigenvalue weighted by Crippen LogP contribution is 2.48. The maximum Gasteiger partial charge on any atom is 0.357 e. The molecule has 0 spiro atoms. The smallest absolute Gasteiger partial charge is 0.357 e. The normalized spacial score (nSPS) is 21.4. The Labute approximate surface area is 88.1 Å². The van der Waals surface area contributed by atoms with Crippen molar-refractivity contribution in [2.24, 2.45) is 0 Å². The van der Waals surface area contributed by atoms with Crippen LogP contribution in [0.15, 0.2) is 0 Å². The van der Waals surface area contributed by atoms with Crippen LogP contribution in [0.4, 0.5) is 0 Å². The molecule has 0 heterocycles. The van der Waals surface area contributed by atoms with Crippen molar-refractivity contribution < 1.29 is 19.1 Å². The first-order chi connectivity index (χ1) is 5.45. The van der Waals surface area contributed by atoms with Gasteiger partial charge in [0.25, 0.3) is 0 Å². The molecule has 4 nitrogen and oxygen atoms in total. The van der Waals surface area contributed by atoms with Crippen molar-refractivity contribution in [3.8, 4) is 0 Å². The van der Waals surface area contributed by atoms with Crippen molar-refractivity contribution in [1.82, 2.24) is 0 Å². The first kappa shape index (κ1) is 13.1. The van der Waals surface area contributed by atoms with Gasteiger partial charge in [-0.25, -0.2) is 0 Å². The Morgan fingerprint density at radius 1 is 1.67 bits per heavy atom. The summed E-state index contributed by atoms with van der Waals surface area (Å²) in [6.07, 6.45) is 0. The first-order valence-electron chi connectivity index (χ1n) is 3.30. The standard InChI is InChI=1S/C5H11Br2O4P/c1-2-11-12(9,10)5(8)4(7)3-6/h4-5,8H,2-3H2,1H3,(H,9,10). The average Bonchev–Trinajstić information content (AvgIpc) is 2.01. The van der Waals surface area contributed by atoms with E-state index in [-0.39, 0.29) is 6.61 Å². The molecular weight excluding hydrogens is 315 g/mol. The van der Waals surface area contributed by atoms with Crippen LogP contribution in [0.2, 0.25) is 0 Å². The lowest BCUT2D eigenvalue weighted by atomic mass is 10.5. The monoisotopic (exact) mass is 324 g/mol. The Bertz CT molecular complexity index is 177. The zero-order chi connectivity index (χ0) is 9.78. The van der Waals surface area contributed by atoms with Gasteiger partial charge in [-0.2, -0.15) is 0 Å². The van der Waals surface area contributed by atoms with E-state index in [1.807, 2.05) is 0 Å². The van der Waals surface area contributed by atoms with Crippen LogP contribution >= 0.6 is 39.5 Å². The summed E-state index contributed by atoms with van der Waals surface area (Å²) >= 11 is 6.10. The molecule has 0 rings (SSSR count). The zero-order valence-corrected chi connectivity index (χ0v) is 10.5. The minimum atomic E-state index is -3.88. The Balaban J connectivity index is 4.24. The fourth-order valence-electron chi connectivity index (χ4n) is 0.545. The van der Waals surface area contributed by atoms with Gasteiger partial charge in [-0.15, -0.1) is 0 Å². The quantitative estimate of drug-likeness (QED) is 0.596. The van der Waals surface area contributed by atoms with E-state index in [2.05, 4.69) is 36.4 Å². The molecule has 0 aliphatic rings. The topological polar surface area (TPSA) is 66.8 Å². The summed E-state index contributed by atoms with van der Waals surface area (Å²) in [5.74, 6) is -1.39. The number of hydrogen-bond donors (Lipinski definition) is 2. The Hall–Kier alpha value is 1.07. The predicted molar refractivity (Wildman–Crippen MR) is 54.0 cm³/mol. The van der Waals surface area contributed by atoms with Gasteiger partial charge in [0, 0.05) is 5.33 Å². The van der Waals surface area contributed by atoms with Gasteiger partial charge in [0.15, 0.2) is 5.85 Å². The van der Waals surface area contributed by atoms with Crippen LogP contribution in [-0.2, 0) is 9.09 Å². The molecule has 0 aromatic heterocycles. The minimum absolute atomic E-state index is 0.104. The van der Waals surface area contributed by atoms with E-state index < -0.39 is 18.3 Å². The number of hydrogen-bond acceptors (Lipinski definition) is 3. The van der Waals surface area contributed by atoms with Crippen LogP contribution in [0.3, 0.4) is 0 Å². The lowest BCUT2D eigenvalue weighted by Gasteiger charge is -2.20. The highest BCUT2D eigenvalue weighted by molar-refractivity contribution is 9.12. The van der Waals surface area contributed by atoms with Gasteiger partial charge in [-0.3, -0.25) is 4.57 Å². The van der Waals surface area contributed by atoms with E-state index >= 15 is 0 Å². The summed E-state index contributed by atoms with van der Waals surface area (Å²) in [6.45, 7) is 1.69. The van der Waals surface area contributed by atoms with Gasteiger partial charge in [0.2, 0.25) is 0 Å². The molecule has 0 aromatic rings. The molecule has 0 bridgehead atoms. The van der Waals surface area contributed by atoms with Crippen LogP contribution in [0.25, 0.3) is 0 Å². The molecule has 0 saturated carbocycles. The van der Waals surface area contributed by atoms with E-state index in [1.54, 1.807) is 6.92 Å². The summed E-state index contributed by atoms with van der Waals surface area (Å²) < 4.78 is 15.7. The van der Waals surface area contributed by atoms with Crippen molar-refractivity contribution in [1.29, 1.82) is 0 Å². The molecule has 3 unspecified atom stereocenters. The first-order valence-corrected chi connectivity index (χ1v) is 6.99. The van der Waals surface area contributed by atoms with Crippen LogP contribution in [0, 0.1) is 0 Å². The van der Waals surface area contributed by atoms with Crippen LogP contribution in [0.1, 0.15) is 6.92 Å². The van der Waals surface area contributed by atoms with Crippen molar-refractivity contribution in [2.75, 3.05) is 11.9 Å². The molecule has 2 N–H and O–H groups in total. The van der Waals surface area contributed by atoms with Gasteiger partial charge in [-0.1, -0.05) is 31.9 Å². The van der Waals surface area contributed by atoms with E-state index in [0.29, 0.717) is 5.33 Å². The third-order valence-corrected chi connectivity index (χ3v) is 5.58. The van der Waals surface area contributed by atoms with Crippen LogP contribution in [-0.4, -0.2) is 32.6 Å². The van der Waals surface area contributed by atoms with Crippen molar-refractivity contribution in [2.45, 2.75) is 17.6 Å². The summed E-state index contributed by atoms with van der Waals surface area (Å²) in [7, 11) is -3.88. The second-order valence-electron chi connectivity index (χ2n) is 2.07.